The molecule has 1 aliphatic heterocycles. The van der Waals surface area contributed by atoms with Gasteiger partial charge < -0.3 is 24.8 Å². The van der Waals surface area contributed by atoms with Crippen molar-refractivity contribution in [2.24, 2.45) is 0 Å². The van der Waals surface area contributed by atoms with Crippen molar-refractivity contribution in [3.8, 4) is 5.75 Å². The van der Waals surface area contributed by atoms with Crippen molar-refractivity contribution >= 4 is 10.4 Å². The standard InChI is InChI=1S/C18H28O9S/c1-2-3-4-5-6-12-7-9-13(10-8-12)26-18-17(21)16(20)15(19)14(27-18)11-25-28(22,23)24/h7-10,14-21H,2-6,11H2,1H3,(H,22,23,24)/t14-,15-,16+,17-,18-/m1/s1. The molecule has 160 valence electrons. The van der Waals surface area contributed by atoms with Crippen LogP contribution in [-0.4, -0.2) is 65.6 Å². The van der Waals surface area contributed by atoms with E-state index in [0.29, 0.717) is 5.75 Å². The molecule has 0 saturated carbocycles. The van der Waals surface area contributed by atoms with Crippen molar-refractivity contribution < 1.29 is 41.9 Å². The zero-order valence-corrected chi connectivity index (χ0v) is 16.5. The molecule has 1 heterocycles. The first-order valence-corrected chi connectivity index (χ1v) is 10.6. The van der Waals surface area contributed by atoms with Gasteiger partial charge in [-0.3, -0.25) is 4.55 Å². The van der Waals surface area contributed by atoms with Gasteiger partial charge in [-0.2, -0.15) is 8.42 Å². The molecule has 1 fully saturated rings. The second kappa shape index (κ2) is 10.5. The number of aliphatic hydroxyl groups is 3. The second-order valence-electron chi connectivity index (χ2n) is 6.80. The zero-order valence-electron chi connectivity index (χ0n) is 15.7. The summed E-state index contributed by atoms with van der Waals surface area (Å²) in [4.78, 5) is 0. The van der Waals surface area contributed by atoms with E-state index < -0.39 is 47.7 Å². The molecule has 1 aromatic carbocycles. The third kappa shape index (κ3) is 6.96. The molecule has 1 aliphatic rings. The van der Waals surface area contributed by atoms with Crippen LogP contribution in [0.2, 0.25) is 0 Å². The van der Waals surface area contributed by atoms with E-state index in [1.165, 1.54) is 19.3 Å². The van der Waals surface area contributed by atoms with Crippen LogP contribution in [0.15, 0.2) is 24.3 Å². The molecule has 0 aromatic heterocycles. The average Bonchev–Trinajstić information content (AvgIpc) is 2.65. The molecule has 2 rings (SSSR count). The first-order chi connectivity index (χ1) is 13.2. The Hall–Kier alpha value is -1.27. The molecular formula is C18H28O9S. The van der Waals surface area contributed by atoms with Crippen LogP contribution in [0, 0.1) is 0 Å². The van der Waals surface area contributed by atoms with E-state index in [4.69, 9.17) is 14.0 Å². The lowest BCUT2D eigenvalue weighted by atomic mass is 9.99. The van der Waals surface area contributed by atoms with Gasteiger partial charge in [0.2, 0.25) is 6.29 Å². The predicted molar refractivity (Wildman–Crippen MR) is 99.1 cm³/mol. The Bertz CT molecular complexity index is 692. The Kier molecular flexibility index (Phi) is 8.62. The zero-order chi connectivity index (χ0) is 20.7. The largest absolute Gasteiger partial charge is 0.462 e. The van der Waals surface area contributed by atoms with Gasteiger partial charge in [-0.05, 0) is 30.5 Å². The van der Waals surface area contributed by atoms with Crippen molar-refractivity contribution in [2.45, 2.75) is 69.7 Å². The van der Waals surface area contributed by atoms with Gasteiger partial charge in [-0.1, -0.05) is 38.3 Å². The molecule has 4 N–H and O–H groups in total. The van der Waals surface area contributed by atoms with E-state index in [1.807, 2.05) is 12.1 Å². The van der Waals surface area contributed by atoms with Crippen LogP contribution in [0.5, 0.6) is 5.75 Å². The van der Waals surface area contributed by atoms with Crippen LogP contribution in [0.1, 0.15) is 38.2 Å². The highest BCUT2D eigenvalue weighted by molar-refractivity contribution is 7.80. The van der Waals surface area contributed by atoms with Crippen LogP contribution in [0.25, 0.3) is 0 Å². The molecule has 0 spiro atoms. The van der Waals surface area contributed by atoms with E-state index in [1.54, 1.807) is 12.1 Å². The minimum atomic E-state index is -4.75. The maximum absolute atomic E-state index is 10.7. The van der Waals surface area contributed by atoms with Crippen molar-refractivity contribution in [1.29, 1.82) is 0 Å². The van der Waals surface area contributed by atoms with Crippen LogP contribution in [0.3, 0.4) is 0 Å². The maximum Gasteiger partial charge on any atom is 0.397 e. The smallest absolute Gasteiger partial charge is 0.397 e. The molecule has 0 amide bonds. The summed E-state index contributed by atoms with van der Waals surface area (Å²) < 4.78 is 45.1. The SMILES string of the molecule is CCCCCCc1ccc(O[C@@H]2O[C@H](COS(=O)(=O)O)[C@@H](O)[C@H](O)[C@H]2O)cc1. The summed E-state index contributed by atoms with van der Waals surface area (Å²) in [6.07, 6.45) is -1.93. The van der Waals surface area contributed by atoms with Crippen molar-refractivity contribution in [1.82, 2.24) is 0 Å². The summed E-state index contributed by atoms with van der Waals surface area (Å²) >= 11 is 0. The van der Waals surface area contributed by atoms with Crippen LogP contribution < -0.4 is 4.74 Å². The topological polar surface area (TPSA) is 143 Å². The van der Waals surface area contributed by atoms with E-state index >= 15 is 0 Å². The van der Waals surface area contributed by atoms with Gasteiger partial charge in [0.15, 0.2) is 0 Å². The maximum atomic E-state index is 10.7. The number of benzene rings is 1. The van der Waals surface area contributed by atoms with Gasteiger partial charge in [-0.25, -0.2) is 4.18 Å². The molecule has 10 heteroatoms. The quantitative estimate of drug-likeness (QED) is 0.319. The van der Waals surface area contributed by atoms with E-state index in [9.17, 15) is 23.7 Å². The molecule has 5 atom stereocenters. The van der Waals surface area contributed by atoms with Gasteiger partial charge in [0, 0.05) is 0 Å². The lowest BCUT2D eigenvalue weighted by molar-refractivity contribution is -0.276. The van der Waals surface area contributed by atoms with Crippen molar-refractivity contribution in [2.75, 3.05) is 6.61 Å². The number of hydrogen-bond acceptors (Lipinski definition) is 8. The van der Waals surface area contributed by atoms with Crippen LogP contribution >= 0.6 is 0 Å². The second-order valence-corrected chi connectivity index (χ2v) is 7.89. The number of unbranched alkanes of at least 4 members (excludes halogenated alkanes) is 3. The molecule has 9 nitrogen and oxygen atoms in total. The Balaban J connectivity index is 1.95. The highest BCUT2D eigenvalue weighted by Gasteiger charge is 2.45. The molecule has 0 bridgehead atoms. The van der Waals surface area contributed by atoms with Crippen molar-refractivity contribution in [3.05, 3.63) is 29.8 Å². The highest BCUT2D eigenvalue weighted by atomic mass is 32.3. The van der Waals surface area contributed by atoms with Crippen LogP contribution in [-0.2, 0) is 25.7 Å². The van der Waals surface area contributed by atoms with Crippen LogP contribution in [0.4, 0.5) is 0 Å². The summed E-state index contributed by atoms with van der Waals surface area (Å²) in [5, 5.41) is 29.9. The number of aryl methyl sites for hydroxylation is 1. The predicted octanol–water partition coefficient (Wildman–Crippen LogP) is 0.815. The normalized spacial score (nSPS) is 28.2. The summed E-state index contributed by atoms with van der Waals surface area (Å²) in [5.74, 6) is 0.374. The van der Waals surface area contributed by atoms with E-state index in [2.05, 4.69) is 11.1 Å². The lowest BCUT2D eigenvalue weighted by Gasteiger charge is -2.39. The fraction of sp³-hybridized carbons (Fsp3) is 0.667. The first kappa shape index (κ1) is 23.0. The third-order valence-corrected chi connectivity index (χ3v) is 4.98. The average molecular weight is 420 g/mol. The third-order valence-electron chi connectivity index (χ3n) is 4.54. The Morgan fingerprint density at radius 3 is 2.29 bits per heavy atom. The first-order valence-electron chi connectivity index (χ1n) is 9.28. The molecule has 0 aliphatic carbocycles. The summed E-state index contributed by atoms with van der Waals surface area (Å²) in [7, 11) is -4.75. The van der Waals surface area contributed by atoms with Gasteiger partial charge in [-0.15, -0.1) is 0 Å². The van der Waals surface area contributed by atoms with E-state index in [0.717, 1.165) is 18.4 Å². The fourth-order valence-electron chi connectivity index (χ4n) is 2.93. The Morgan fingerprint density at radius 1 is 1.00 bits per heavy atom. The van der Waals surface area contributed by atoms with Gasteiger partial charge >= 0.3 is 10.4 Å². The van der Waals surface area contributed by atoms with Gasteiger partial charge in [0.05, 0.1) is 6.61 Å². The number of hydrogen-bond donors (Lipinski definition) is 4. The lowest BCUT2D eigenvalue weighted by Crippen LogP contribution is -2.60. The highest BCUT2D eigenvalue weighted by Crippen LogP contribution is 2.25. The summed E-state index contributed by atoms with van der Waals surface area (Å²) in [6.45, 7) is 1.41. The molecule has 0 unspecified atom stereocenters. The fourth-order valence-corrected chi connectivity index (χ4v) is 3.24. The minimum Gasteiger partial charge on any atom is -0.462 e. The summed E-state index contributed by atoms with van der Waals surface area (Å²) in [5.41, 5.74) is 1.14. The monoisotopic (exact) mass is 420 g/mol. The molecule has 1 aromatic rings. The molecular weight excluding hydrogens is 392 g/mol. The molecule has 28 heavy (non-hydrogen) atoms. The number of ether oxygens (including phenoxy) is 2. The Labute approximate surface area is 164 Å². The number of aliphatic hydroxyl groups excluding tert-OH is 3. The minimum absolute atomic E-state index is 0.374. The molecule has 1 saturated heterocycles. The molecule has 0 radical (unpaired) electrons. The van der Waals surface area contributed by atoms with Gasteiger partial charge in [0.1, 0.15) is 30.2 Å². The number of rotatable bonds is 10. The van der Waals surface area contributed by atoms with Crippen molar-refractivity contribution in [3.63, 3.8) is 0 Å². The Morgan fingerprint density at radius 2 is 1.68 bits per heavy atom. The van der Waals surface area contributed by atoms with Gasteiger partial charge in [0.25, 0.3) is 0 Å². The summed E-state index contributed by atoms with van der Waals surface area (Å²) in [6, 6.07) is 7.18. The van der Waals surface area contributed by atoms with E-state index in [-0.39, 0.29) is 0 Å².